The number of benzene rings is 2. The van der Waals surface area contributed by atoms with Crippen molar-refractivity contribution in [3.8, 4) is 0 Å². The predicted molar refractivity (Wildman–Crippen MR) is 104 cm³/mol. The molecule has 1 aliphatic heterocycles. The van der Waals surface area contributed by atoms with Crippen molar-refractivity contribution in [1.82, 2.24) is 4.90 Å². The molecular formula is C21H23NO3S. The van der Waals surface area contributed by atoms with E-state index in [1.165, 1.54) is 7.11 Å². The molecule has 1 fully saturated rings. The molecule has 1 aliphatic rings. The van der Waals surface area contributed by atoms with Gasteiger partial charge in [-0.15, -0.1) is 11.8 Å². The summed E-state index contributed by atoms with van der Waals surface area (Å²) in [6.07, 6.45) is 0.682. The largest absolute Gasteiger partial charge is 0.467 e. The van der Waals surface area contributed by atoms with Crippen molar-refractivity contribution in [1.29, 1.82) is 0 Å². The van der Waals surface area contributed by atoms with Gasteiger partial charge >= 0.3 is 5.97 Å². The smallest absolute Gasteiger partial charge is 0.330 e. The number of ether oxygens (including phenoxy) is 1. The minimum absolute atomic E-state index is 0.135. The van der Waals surface area contributed by atoms with Crippen molar-refractivity contribution in [2.45, 2.75) is 36.4 Å². The lowest BCUT2D eigenvalue weighted by Crippen LogP contribution is -2.51. The van der Waals surface area contributed by atoms with E-state index in [4.69, 9.17) is 4.74 Å². The van der Waals surface area contributed by atoms with Crippen molar-refractivity contribution in [3.63, 3.8) is 0 Å². The number of carbonyl (C=O) groups is 2. The van der Waals surface area contributed by atoms with E-state index < -0.39 is 10.8 Å². The van der Waals surface area contributed by atoms with E-state index in [1.54, 1.807) is 28.8 Å². The lowest BCUT2D eigenvalue weighted by atomic mass is 9.99. The summed E-state index contributed by atoms with van der Waals surface area (Å²) in [6.45, 7) is 3.99. The first-order valence-corrected chi connectivity index (χ1v) is 9.49. The van der Waals surface area contributed by atoms with Crippen molar-refractivity contribution in [2.75, 3.05) is 7.11 Å². The molecule has 0 aromatic heterocycles. The minimum Gasteiger partial charge on any atom is -0.467 e. The third-order valence-electron chi connectivity index (χ3n) is 4.62. The van der Waals surface area contributed by atoms with Crippen LogP contribution < -0.4 is 0 Å². The Morgan fingerprint density at radius 3 is 2.19 bits per heavy atom. The Kier molecular flexibility index (Phi) is 5.37. The van der Waals surface area contributed by atoms with E-state index in [2.05, 4.69) is 0 Å². The van der Waals surface area contributed by atoms with Gasteiger partial charge in [0.05, 0.1) is 12.5 Å². The lowest BCUT2D eigenvalue weighted by Gasteiger charge is -2.31. The first-order chi connectivity index (χ1) is 12.4. The highest BCUT2D eigenvalue weighted by Crippen LogP contribution is 2.46. The molecule has 1 unspecified atom stereocenters. The molecule has 3 rings (SSSR count). The summed E-state index contributed by atoms with van der Waals surface area (Å²) in [6, 6.07) is 18.5. The van der Waals surface area contributed by atoms with E-state index in [9.17, 15) is 9.59 Å². The summed E-state index contributed by atoms with van der Waals surface area (Å²) in [4.78, 5) is 27.5. The molecule has 0 spiro atoms. The Morgan fingerprint density at radius 2 is 1.62 bits per heavy atom. The molecule has 0 aliphatic carbocycles. The predicted octanol–water partition coefficient (Wildman–Crippen LogP) is 3.76. The molecule has 2 aromatic rings. The summed E-state index contributed by atoms with van der Waals surface area (Å²) in [7, 11) is 1.37. The van der Waals surface area contributed by atoms with Crippen LogP contribution in [-0.4, -0.2) is 40.0 Å². The monoisotopic (exact) mass is 369 g/mol. The fourth-order valence-electron chi connectivity index (χ4n) is 3.42. The van der Waals surface area contributed by atoms with Crippen LogP contribution in [0.1, 0.15) is 29.8 Å². The molecule has 0 bridgehead atoms. The van der Waals surface area contributed by atoms with Gasteiger partial charge in [0, 0.05) is 16.7 Å². The summed E-state index contributed by atoms with van der Waals surface area (Å²) in [5.74, 6) is -0.512. The van der Waals surface area contributed by atoms with Gasteiger partial charge in [0.15, 0.2) is 0 Å². The van der Waals surface area contributed by atoms with Crippen LogP contribution in [0, 0.1) is 0 Å². The number of carbonyl (C=O) groups excluding carboxylic acids is 2. The van der Waals surface area contributed by atoms with E-state index in [-0.39, 0.29) is 17.3 Å². The normalized spacial score (nSPS) is 21.4. The van der Waals surface area contributed by atoms with Crippen LogP contribution in [0.3, 0.4) is 0 Å². The molecule has 1 amide bonds. The first kappa shape index (κ1) is 18.5. The van der Waals surface area contributed by atoms with Crippen LogP contribution in [0.15, 0.2) is 60.7 Å². The van der Waals surface area contributed by atoms with Gasteiger partial charge in [0.1, 0.15) is 6.04 Å². The Balaban J connectivity index is 1.99. The van der Waals surface area contributed by atoms with E-state index in [1.807, 2.05) is 62.4 Å². The Morgan fingerprint density at radius 1 is 1.04 bits per heavy atom. The standard InChI is InChI=1S/C21H23NO3S/c1-21(2)18(20(24)25-3)22(19(23)16-12-8-5-9-13-16)17(26-21)14-15-10-6-4-7-11-15/h4-13,17-18H,14H2,1-3H3/t17?,18-/m0/s1. The average Bonchev–Trinajstić information content (AvgIpc) is 2.92. The maximum absolute atomic E-state index is 13.3. The van der Waals surface area contributed by atoms with E-state index in [0.29, 0.717) is 12.0 Å². The van der Waals surface area contributed by atoms with Gasteiger partial charge in [-0.05, 0) is 31.5 Å². The maximum atomic E-state index is 13.3. The molecule has 4 nitrogen and oxygen atoms in total. The fourth-order valence-corrected chi connectivity index (χ4v) is 5.06. The van der Waals surface area contributed by atoms with Crippen LogP contribution in [-0.2, 0) is 16.0 Å². The summed E-state index contributed by atoms with van der Waals surface area (Å²) < 4.78 is 4.60. The Labute approximate surface area is 158 Å². The van der Waals surface area contributed by atoms with Gasteiger partial charge in [0.25, 0.3) is 5.91 Å². The molecule has 1 saturated heterocycles. The third kappa shape index (κ3) is 3.63. The first-order valence-electron chi connectivity index (χ1n) is 8.61. The van der Waals surface area contributed by atoms with Gasteiger partial charge in [-0.3, -0.25) is 4.79 Å². The second-order valence-electron chi connectivity index (χ2n) is 6.87. The minimum atomic E-state index is -0.626. The molecule has 26 heavy (non-hydrogen) atoms. The SMILES string of the molecule is COC(=O)[C@@H]1N(C(=O)c2ccccc2)C(Cc2ccccc2)SC1(C)C. The second kappa shape index (κ2) is 7.54. The van der Waals surface area contributed by atoms with E-state index in [0.717, 1.165) is 5.56 Å². The number of methoxy groups -OCH3 is 1. The van der Waals surface area contributed by atoms with E-state index >= 15 is 0 Å². The molecule has 1 heterocycles. The number of esters is 1. The Hall–Kier alpha value is -2.27. The van der Waals surface area contributed by atoms with Gasteiger partial charge in [-0.2, -0.15) is 0 Å². The zero-order valence-corrected chi connectivity index (χ0v) is 16.0. The molecule has 5 heteroatoms. The van der Waals surface area contributed by atoms with Gasteiger partial charge in [-0.1, -0.05) is 48.5 Å². The molecule has 136 valence electrons. The highest BCUT2D eigenvalue weighted by molar-refractivity contribution is 8.01. The topological polar surface area (TPSA) is 46.6 Å². The highest BCUT2D eigenvalue weighted by Gasteiger charge is 2.53. The molecule has 2 atom stereocenters. The van der Waals surface area contributed by atoms with Crippen molar-refractivity contribution >= 4 is 23.6 Å². The maximum Gasteiger partial charge on any atom is 0.330 e. The number of hydrogen-bond donors (Lipinski definition) is 0. The molecule has 2 aromatic carbocycles. The molecule has 0 radical (unpaired) electrons. The van der Waals surface area contributed by atoms with Crippen LogP contribution in [0.2, 0.25) is 0 Å². The average molecular weight is 369 g/mol. The molecular weight excluding hydrogens is 346 g/mol. The van der Waals surface area contributed by atoms with Gasteiger partial charge in [-0.25, -0.2) is 4.79 Å². The van der Waals surface area contributed by atoms with Gasteiger partial charge in [0.2, 0.25) is 0 Å². The number of hydrogen-bond acceptors (Lipinski definition) is 4. The van der Waals surface area contributed by atoms with Crippen molar-refractivity contribution in [2.24, 2.45) is 0 Å². The van der Waals surface area contributed by atoms with Crippen LogP contribution >= 0.6 is 11.8 Å². The third-order valence-corrected chi connectivity index (χ3v) is 6.12. The number of thioether (sulfide) groups is 1. The number of amides is 1. The van der Waals surface area contributed by atoms with Crippen molar-refractivity contribution in [3.05, 3.63) is 71.8 Å². The Bertz CT molecular complexity index is 776. The summed E-state index contributed by atoms with van der Waals surface area (Å²) in [5, 5.41) is -0.135. The van der Waals surface area contributed by atoms with Crippen LogP contribution in [0.4, 0.5) is 0 Å². The van der Waals surface area contributed by atoms with Crippen LogP contribution in [0.25, 0.3) is 0 Å². The fraction of sp³-hybridized carbons (Fsp3) is 0.333. The lowest BCUT2D eigenvalue weighted by molar-refractivity contribution is -0.146. The number of nitrogens with zero attached hydrogens (tertiary/aromatic N) is 1. The van der Waals surface area contributed by atoms with Crippen molar-refractivity contribution < 1.29 is 14.3 Å². The summed E-state index contributed by atoms with van der Waals surface area (Å²) >= 11 is 1.65. The van der Waals surface area contributed by atoms with Gasteiger partial charge < -0.3 is 9.64 Å². The quantitative estimate of drug-likeness (QED) is 0.770. The molecule has 0 N–H and O–H groups in total. The summed E-state index contributed by atoms with van der Waals surface area (Å²) in [5.41, 5.74) is 1.72. The zero-order valence-electron chi connectivity index (χ0n) is 15.2. The number of rotatable bonds is 4. The van der Waals surface area contributed by atoms with Crippen LogP contribution in [0.5, 0.6) is 0 Å². The second-order valence-corrected chi connectivity index (χ2v) is 8.70. The highest BCUT2D eigenvalue weighted by atomic mass is 32.2. The zero-order chi connectivity index (χ0) is 18.7. The molecule has 0 saturated carbocycles.